The molecule has 0 fully saturated rings. The number of sulfonamides is 1. The van der Waals surface area contributed by atoms with Gasteiger partial charge in [0.15, 0.2) is 0 Å². The van der Waals surface area contributed by atoms with Gasteiger partial charge in [0.25, 0.3) is 0 Å². The predicted octanol–water partition coefficient (Wildman–Crippen LogP) is 4.18. The van der Waals surface area contributed by atoms with Gasteiger partial charge in [-0.05, 0) is 57.7 Å². The van der Waals surface area contributed by atoms with Gasteiger partial charge in [-0.25, -0.2) is 8.42 Å². The minimum atomic E-state index is -3.51. The molecule has 0 radical (unpaired) electrons. The van der Waals surface area contributed by atoms with E-state index < -0.39 is 16.1 Å². The van der Waals surface area contributed by atoms with Gasteiger partial charge >= 0.3 is 0 Å². The third-order valence-electron chi connectivity index (χ3n) is 6.14. The van der Waals surface area contributed by atoms with Crippen LogP contribution in [0.4, 0.5) is 5.69 Å². The van der Waals surface area contributed by atoms with Crippen molar-refractivity contribution in [2.75, 3.05) is 17.1 Å². The molecule has 0 spiro atoms. The number of hydrogen-bond donors (Lipinski definition) is 1. The Labute approximate surface area is 210 Å². The number of aryl methyl sites for hydroxylation is 2. The van der Waals surface area contributed by atoms with Crippen LogP contribution in [0, 0.1) is 13.8 Å². The Morgan fingerprint density at radius 1 is 1.03 bits per heavy atom. The SMILES string of the molecule is CCC(C)NC(=O)C(C)N(Cc1cccc(C)c1)C(=O)CCCN(c1ccccc1C)S(C)(=O)=O. The predicted molar refractivity (Wildman–Crippen MR) is 142 cm³/mol. The molecule has 2 atom stereocenters. The smallest absolute Gasteiger partial charge is 0.242 e. The highest BCUT2D eigenvalue weighted by Crippen LogP contribution is 2.23. The van der Waals surface area contributed by atoms with Crippen LogP contribution in [0.1, 0.15) is 56.7 Å². The zero-order valence-electron chi connectivity index (χ0n) is 21.7. The Balaban J connectivity index is 2.18. The van der Waals surface area contributed by atoms with Crippen LogP contribution in [0.2, 0.25) is 0 Å². The van der Waals surface area contributed by atoms with Gasteiger partial charge in [-0.1, -0.05) is 55.0 Å². The molecule has 0 saturated heterocycles. The Hall–Kier alpha value is -2.87. The monoisotopic (exact) mass is 501 g/mol. The van der Waals surface area contributed by atoms with E-state index in [-0.39, 0.29) is 30.8 Å². The first-order valence-electron chi connectivity index (χ1n) is 12.1. The summed E-state index contributed by atoms with van der Waals surface area (Å²) >= 11 is 0. The maximum atomic E-state index is 13.3. The Morgan fingerprint density at radius 2 is 1.71 bits per heavy atom. The standard InChI is InChI=1S/C27H39N3O4S/c1-7-22(4)28-27(32)23(5)29(19-24-14-10-12-20(2)18-24)26(31)16-11-17-30(35(6,33)34)25-15-9-8-13-21(25)3/h8-10,12-15,18,22-23H,7,11,16-17,19H2,1-6H3,(H,28,32). The number of para-hydroxylation sites is 1. The second kappa shape index (κ2) is 12.7. The number of nitrogens with one attached hydrogen (secondary N) is 1. The van der Waals surface area contributed by atoms with Gasteiger partial charge in [0, 0.05) is 25.6 Å². The Morgan fingerprint density at radius 3 is 2.31 bits per heavy atom. The lowest BCUT2D eigenvalue weighted by Crippen LogP contribution is -2.49. The molecule has 192 valence electrons. The summed E-state index contributed by atoms with van der Waals surface area (Å²) in [5.74, 6) is -0.380. The van der Waals surface area contributed by atoms with E-state index in [1.807, 2.05) is 64.1 Å². The number of benzene rings is 2. The van der Waals surface area contributed by atoms with Gasteiger partial charge in [0.05, 0.1) is 11.9 Å². The number of hydrogen-bond acceptors (Lipinski definition) is 4. The molecule has 0 aliphatic rings. The summed E-state index contributed by atoms with van der Waals surface area (Å²) in [6.45, 7) is 10.0. The van der Waals surface area contributed by atoms with Crippen LogP contribution >= 0.6 is 0 Å². The van der Waals surface area contributed by atoms with Gasteiger partial charge in [-0.15, -0.1) is 0 Å². The Kier molecular flexibility index (Phi) is 10.3. The zero-order valence-corrected chi connectivity index (χ0v) is 22.6. The fraction of sp³-hybridized carbons (Fsp3) is 0.481. The fourth-order valence-electron chi connectivity index (χ4n) is 3.88. The minimum Gasteiger partial charge on any atom is -0.352 e. The van der Waals surface area contributed by atoms with Crippen molar-refractivity contribution in [2.45, 2.75) is 72.5 Å². The summed E-state index contributed by atoms with van der Waals surface area (Å²) in [6.07, 6.45) is 2.44. The molecular weight excluding hydrogens is 462 g/mol. The van der Waals surface area contributed by atoms with E-state index in [1.165, 1.54) is 10.6 Å². The first-order chi connectivity index (χ1) is 16.4. The molecule has 0 heterocycles. The molecule has 1 N–H and O–H groups in total. The number of carbonyl (C=O) groups is 2. The molecular formula is C27H39N3O4S. The van der Waals surface area contributed by atoms with Crippen LogP contribution in [0.25, 0.3) is 0 Å². The van der Waals surface area contributed by atoms with E-state index in [0.717, 1.165) is 23.1 Å². The molecule has 35 heavy (non-hydrogen) atoms. The fourth-order valence-corrected chi connectivity index (χ4v) is 4.90. The molecule has 2 aromatic rings. The molecule has 2 unspecified atom stereocenters. The summed E-state index contributed by atoms with van der Waals surface area (Å²) in [5.41, 5.74) is 3.48. The maximum absolute atomic E-state index is 13.3. The van der Waals surface area contributed by atoms with Crippen LogP contribution in [0.5, 0.6) is 0 Å². The largest absolute Gasteiger partial charge is 0.352 e. The number of carbonyl (C=O) groups excluding carboxylic acids is 2. The summed E-state index contributed by atoms with van der Waals surface area (Å²) in [7, 11) is -3.51. The average molecular weight is 502 g/mol. The lowest BCUT2D eigenvalue weighted by Gasteiger charge is -2.30. The van der Waals surface area contributed by atoms with Crippen LogP contribution in [0.15, 0.2) is 48.5 Å². The van der Waals surface area contributed by atoms with Gasteiger partial charge in [0.2, 0.25) is 21.8 Å². The lowest BCUT2D eigenvalue weighted by molar-refractivity contribution is -0.140. The van der Waals surface area contributed by atoms with Crippen LogP contribution < -0.4 is 9.62 Å². The lowest BCUT2D eigenvalue weighted by atomic mass is 10.1. The van der Waals surface area contributed by atoms with Gasteiger partial charge in [0.1, 0.15) is 6.04 Å². The van der Waals surface area contributed by atoms with Crippen molar-refractivity contribution in [1.82, 2.24) is 10.2 Å². The van der Waals surface area contributed by atoms with E-state index in [0.29, 0.717) is 18.7 Å². The molecule has 2 amide bonds. The van der Waals surface area contributed by atoms with Gasteiger partial charge < -0.3 is 10.2 Å². The van der Waals surface area contributed by atoms with E-state index in [1.54, 1.807) is 24.0 Å². The van der Waals surface area contributed by atoms with Crippen molar-refractivity contribution in [3.05, 3.63) is 65.2 Å². The molecule has 7 nitrogen and oxygen atoms in total. The molecule has 2 rings (SSSR count). The molecule has 0 aromatic heterocycles. The van der Waals surface area contributed by atoms with Crippen molar-refractivity contribution >= 4 is 27.5 Å². The number of anilines is 1. The van der Waals surface area contributed by atoms with Crippen LogP contribution in [-0.2, 0) is 26.2 Å². The first-order valence-corrected chi connectivity index (χ1v) is 14.0. The van der Waals surface area contributed by atoms with Gasteiger partial charge in [-0.3, -0.25) is 13.9 Å². The topological polar surface area (TPSA) is 86.8 Å². The van der Waals surface area contributed by atoms with E-state index in [9.17, 15) is 18.0 Å². The number of rotatable bonds is 12. The normalized spacial score (nSPS) is 13.1. The maximum Gasteiger partial charge on any atom is 0.242 e. The van der Waals surface area contributed by atoms with E-state index in [2.05, 4.69) is 5.32 Å². The molecule has 2 aromatic carbocycles. The second-order valence-corrected chi connectivity index (χ2v) is 11.1. The third-order valence-corrected chi connectivity index (χ3v) is 7.32. The van der Waals surface area contributed by atoms with Crippen LogP contribution in [0.3, 0.4) is 0 Å². The van der Waals surface area contributed by atoms with Crippen molar-refractivity contribution in [3.63, 3.8) is 0 Å². The van der Waals surface area contributed by atoms with E-state index >= 15 is 0 Å². The second-order valence-electron chi connectivity index (χ2n) is 9.23. The van der Waals surface area contributed by atoms with Crippen molar-refractivity contribution in [1.29, 1.82) is 0 Å². The zero-order chi connectivity index (χ0) is 26.2. The number of amides is 2. The number of nitrogens with zero attached hydrogens (tertiary/aromatic N) is 2. The highest BCUT2D eigenvalue weighted by atomic mass is 32.2. The average Bonchev–Trinajstić information content (AvgIpc) is 2.79. The Bertz CT molecular complexity index is 1120. The highest BCUT2D eigenvalue weighted by molar-refractivity contribution is 7.92. The molecule has 0 aliphatic heterocycles. The highest BCUT2D eigenvalue weighted by Gasteiger charge is 2.27. The summed E-state index contributed by atoms with van der Waals surface area (Å²) in [4.78, 5) is 27.8. The van der Waals surface area contributed by atoms with E-state index in [4.69, 9.17) is 0 Å². The third kappa shape index (κ3) is 8.38. The van der Waals surface area contributed by atoms with Crippen molar-refractivity contribution < 1.29 is 18.0 Å². The summed E-state index contributed by atoms with van der Waals surface area (Å²) < 4.78 is 26.3. The molecule has 8 heteroatoms. The molecule has 0 bridgehead atoms. The quantitative estimate of drug-likeness (QED) is 0.473. The summed E-state index contributed by atoms with van der Waals surface area (Å²) in [6, 6.07) is 14.5. The molecule has 0 saturated carbocycles. The van der Waals surface area contributed by atoms with Crippen molar-refractivity contribution in [2.24, 2.45) is 0 Å². The van der Waals surface area contributed by atoms with Gasteiger partial charge in [-0.2, -0.15) is 0 Å². The first kappa shape index (κ1) is 28.4. The van der Waals surface area contributed by atoms with Crippen molar-refractivity contribution in [3.8, 4) is 0 Å². The summed E-state index contributed by atoms with van der Waals surface area (Å²) in [5, 5.41) is 2.96. The molecule has 0 aliphatic carbocycles. The van der Waals surface area contributed by atoms with Crippen LogP contribution in [-0.4, -0.2) is 50.0 Å². The minimum absolute atomic E-state index is 0.0123.